The summed E-state index contributed by atoms with van der Waals surface area (Å²) in [6.07, 6.45) is 1.38. The van der Waals surface area contributed by atoms with Gasteiger partial charge in [-0.05, 0) is 68.1 Å². The minimum atomic E-state index is -3.79. The number of hydrogen-bond acceptors (Lipinski definition) is 4. The molecule has 0 fully saturated rings. The summed E-state index contributed by atoms with van der Waals surface area (Å²) >= 11 is 0. The molecule has 2 aromatic carbocycles. The van der Waals surface area contributed by atoms with Gasteiger partial charge in [0.2, 0.25) is 21.8 Å². The molecule has 0 unspecified atom stereocenters. The zero-order chi connectivity index (χ0) is 24.8. The first-order chi connectivity index (χ1) is 15.5. The monoisotopic (exact) mass is 477 g/mol. The summed E-state index contributed by atoms with van der Waals surface area (Å²) in [5, 5.41) is 2.73. The van der Waals surface area contributed by atoms with Crippen LogP contribution >= 0.6 is 0 Å². The van der Waals surface area contributed by atoms with Crippen molar-refractivity contribution in [2.45, 2.75) is 46.7 Å². The zero-order valence-corrected chi connectivity index (χ0v) is 20.6. The van der Waals surface area contributed by atoms with E-state index in [1.165, 1.54) is 29.2 Å². The number of aryl methyl sites for hydroxylation is 2. The van der Waals surface area contributed by atoms with Crippen LogP contribution in [0.1, 0.15) is 37.0 Å². The summed E-state index contributed by atoms with van der Waals surface area (Å²) in [4.78, 5) is 27.6. The van der Waals surface area contributed by atoms with Crippen LogP contribution in [0.4, 0.5) is 10.1 Å². The number of carbonyl (C=O) groups is 2. The predicted octanol–water partition coefficient (Wildman–Crippen LogP) is 3.15. The van der Waals surface area contributed by atoms with Crippen LogP contribution < -0.4 is 9.62 Å². The quantitative estimate of drug-likeness (QED) is 0.570. The van der Waals surface area contributed by atoms with Gasteiger partial charge in [-0.2, -0.15) is 0 Å². The van der Waals surface area contributed by atoms with Crippen LogP contribution in [-0.4, -0.2) is 50.5 Å². The Balaban J connectivity index is 2.45. The highest BCUT2D eigenvalue weighted by Gasteiger charge is 2.31. The predicted molar refractivity (Wildman–Crippen MR) is 128 cm³/mol. The number of benzene rings is 2. The number of nitrogens with zero attached hydrogens (tertiary/aromatic N) is 2. The molecular weight excluding hydrogens is 445 g/mol. The lowest BCUT2D eigenvalue weighted by atomic mass is 10.1. The van der Waals surface area contributed by atoms with E-state index in [9.17, 15) is 22.4 Å². The van der Waals surface area contributed by atoms with Crippen LogP contribution in [0, 0.1) is 19.7 Å². The highest BCUT2D eigenvalue weighted by Crippen LogP contribution is 2.22. The summed E-state index contributed by atoms with van der Waals surface area (Å²) in [5.74, 6) is -1.26. The van der Waals surface area contributed by atoms with Crippen LogP contribution in [0.5, 0.6) is 0 Å². The zero-order valence-electron chi connectivity index (χ0n) is 19.8. The summed E-state index contributed by atoms with van der Waals surface area (Å²) in [5.41, 5.74) is 2.74. The van der Waals surface area contributed by atoms with E-state index in [1.807, 2.05) is 19.9 Å². The largest absolute Gasteiger partial charge is 0.355 e. The van der Waals surface area contributed by atoms with Gasteiger partial charge in [0.05, 0.1) is 11.9 Å². The summed E-state index contributed by atoms with van der Waals surface area (Å²) in [7, 11) is -3.79. The number of rotatable bonds is 10. The van der Waals surface area contributed by atoms with Gasteiger partial charge < -0.3 is 10.2 Å². The number of hydrogen-bond donors (Lipinski definition) is 1. The van der Waals surface area contributed by atoms with E-state index in [1.54, 1.807) is 26.0 Å². The van der Waals surface area contributed by atoms with E-state index >= 15 is 0 Å². The lowest BCUT2D eigenvalue weighted by Crippen LogP contribution is -2.52. The Morgan fingerprint density at radius 2 is 1.61 bits per heavy atom. The van der Waals surface area contributed by atoms with Crippen LogP contribution in [-0.2, 0) is 26.2 Å². The van der Waals surface area contributed by atoms with Gasteiger partial charge in [-0.15, -0.1) is 0 Å². The molecule has 0 aliphatic heterocycles. The van der Waals surface area contributed by atoms with E-state index < -0.39 is 34.3 Å². The highest BCUT2D eigenvalue weighted by molar-refractivity contribution is 7.92. The summed E-state index contributed by atoms with van der Waals surface area (Å²) in [6, 6.07) is 10.2. The number of amides is 2. The van der Waals surface area contributed by atoms with Crippen molar-refractivity contribution < 1.29 is 22.4 Å². The molecule has 9 heteroatoms. The normalized spacial score (nSPS) is 12.2. The van der Waals surface area contributed by atoms with Crippen molar-refractivity contribution in [1.29, 1.82) is 0 Å². The van der Waals surface area contributed by atoms with Gasteiger partial charge in [-0.3, -0.25) is 13.9 Å². The standard InChI is InChI=1S/C24H32FN3O4S/c1-6-22(24(30)26-7-2)27(15-19-8-10-20(25)11-9-19)23(29)16-28(33(5,31)32)21-13-17(3)12-18(4)14-21/h8-14,22H,6-7,15-16H2,1-5H3,(H,26,30)/t22-/m1/s1. The minimum absolute atomic E-state index is 0.0409. The van der Waals surface area contributed by atoms with Crippen LogP contribution in [0.25, 0.3) is 0 Å². The molecule has 180 valence electrons. The Hall–Kier alpha value is -2.94. The molecule has 0 aromatic heterocycles. The van der Waals surface area contributed by atoms with Gasteiger partial charge in [-0.1, -0.05) is 25.1 Å². The smallest absolute Gasteiger partial charge is 0.244 e. The first-order valence-electron chi connectivity index (χ1n) is 10.8. The van der Waals surface area contributed by atoms with Crippen LogP contribution in [0.3, 0.4) is 0 Å². The lowest BCUT2D eigenvalue weighted by molar-refractivity contribution is -0.140. The van der Waals surface area contributed by atoms with Crippen molar-refractivity contribution >= 4 is 27.5 Å². The van der Waals surface area contributed by atoms with Gasteiger partial charge >= 0.3 is 0 Å². The van der Waals surface area contributed by atoms with Gasteiger partial charge in [-0.25, -0.2) is 12.8 Å². The van der Waals surface area contributed by atoms with E-state index in [0.717, 1.165) is 21.7 Å². The summed E-state index contributed by atoms with van der Waals surface area (Å²) in [6.45, 7) is 7.24. The number of carbonyl (C=O) groups excluding carboxylic acids is 2. The molecule has 0 spiro atoms. The fraction of sp³-hybridized carbons (Fsp3) is 0.417. The molecule has 2 rings (SSSR count). The topological polar surface area (TPSA) is 86.8 Å². The number of anilines is 1. The van der Waals surface area contributed by atoms with E-state index in [2.05, 4.69) is 5.32 Å². The van der Waals surface area contributed by atoms with Crippen molar-refractivity contribution in [3.8, 4) is 0 Å². The number of likely N-dealkylation sites (N-methyl/N-ethyl adjacent to an activating group) is 1. The first-order valence-corrected chi connectivity index (χ1v) is 12.7. The molecule has 0 saturated carbocycles. The molecular formula is C24H32FN3O4S. The van der Waals surface area contributed by atoms with Gasteiger partial charge in [0, 0.05) is 13.1 Å². The van der Waals surface area contributed by atoms with Crippen molar-refractivity contribution in [2.24, 2.45) is 0 Å². The SMILES string of the molecule is CCNC(=O)[C@@H](CC)N(Cc1ccc(F)cc1)C(=O)CN(c1cc(C)cc(C)c1)S(C)(=O)=O. The second-order valence-corrected chi connectivity index (χ2v) is 9.99. The molecule has 2 aromatic rings. The molecule has 0 bridgehead atoms. The average Bonchev–Trinajstić information content (AvgIpc) is 2.71. The fourth-order valence-corrected chi connectivity index (χ4v) is 4.54. The minimum Gasteiger partial charge on any atom is -0.355 e. The molecule has 0 radical (unpaired) electrons. The molecule has 0 heterocycles. The maximum Gasteiger partial charge on any atom is 0.244 e. The molecule has 33 heavy (non-hydrogen) atoms. The second kappa shape index (κ2) is 11.3. The Morgan fingerprint density at radius 1 is 1.03 bits per heavy atom. The summed E-state index contributed by atoms with van der Waals surface area (Å²) < 4.78 is 39.7. The molecule has 2 amide bonds. The molecule has 7 nitrogen and oxygen atoms in total. The van der Waals surface area contributed by atoms with Crippen molar-refractivity contribution in [1.82, 2.24) is 10.2 Å². The molecule has 0 saturated heterocycles. The van der Waals surface area contributed by atoms with Crippen molar-refractivity contribution in [3.05, 3.63) is 65.0 Å². The number of nitrogens with one attached hydrogen (secondary N) is 1. The van der Waals surface area contributed by atoms with Gasteiger partial charge in [0.1, 0.15) is 18.4 Å². The molecule has 1 atom stereocenters. The fourth-order valence-electron chi connectivity index (χ4n) is 3.71. The van der Waals surface area contributed by atoms with Gasteiger partial charge in [0.25, 0.3) is 0 Å². The maximum atomic E-state index is 13.5. The van der Waals surface area contributed by atoms with Crippen molar-refractivity contribution in [3.63, 3.8) is 0 Å². The Kier molecular flexibility index (Phi) is 8.99. The average molecular weight is 478 g/mol. The third-order valence-corrected chi connectivity index (χ3v) is 6.32. The number of halogens is 1. The van der Waals surface area contributed by atoms with E-state index in [-0.39, 0.29) is 12.5 Å². The Bertz CT molecular complexity index is 1070. The third-order valence-electron chi connectivity index (χ3n) is 5.18. The molecule has 1 N–H and O–H groups in total. The Morgan fingerprint density at radius 3 is 2.09 bits per heavy atom. The van der Waals surface area contributed by atoms with E-state index in [4.69, 9.17) is 0 Å². The Labute approximate surface area is 195 Å². The van der Waals surface area contributed by atoms with E-state index in [0.29, 0.717) is 24.2 Å². The van der Waals surface area contributed by atoms with Crippen molar-refractivity contribution in [2.75, 3.05) is 23.7 Å². The second-order valence-electron chi connectivity index (χ2n) is 8.08. The van der Waals surface area contributed by atoms with Gasteiger partial charge in [0.15, 0.2) is 0 Å². The number of sulfonamides is 1. The van der Waals surface area contributed by atoms with Crippen LogP contribution in [0.15, 0.2) is 42.5 Å². The molecule has 0 aliphatic rings. The maximum absolute atomic E-state index is 13.5. The first kappa shape index (κ1) is 26.3. The molecule has 0 aliphatic carbocycles. The third kappa shape index (κ3) is 7.28. The highest BCUT2D eigenvalue weighted by atomic mass is 32.2. The lowest BCUT2D eigenvalue weighted by Gasteiger charge is -2.33. The van der Waals surface area contributed by atoms with Crippen LogP contribution in [0.2, 0.25) is 0 Å².